The van der Waals surface area contributed by atoms with Gasteiger partial charge in [-0.1, -0.05) is 36.4 Å². The molecule has 1 aliphatic heterocycles. The van der Waals surface area contributed by atoms with Crippen molar-refractivity contribution in [2.24, 2.45) is 0 Å². The number of fused-ring (bicyclic) bond motifs is 2. The molecule has 23 heavy (non-hydrogen) atoms. The number of thiophene rings is 1. The van der Waals surface area contributed by atoms with E-state index in [2.05, 4.69) is 65.8 Å². The number of hydrogen-bond donors (Lipinski definition) is 1. The molecule has 1 aromatic heterocycles. The third-order valence-corrected chi connectivity index (χ3v) is 5.92. The Labute approximate surface area is 141 Å². The van der Waals surface area contributed by atoms with Gasteiger partial charge in [-0.05, 0) is 48.3 Å². The number of likely N-dealkylation sites (N-methyl/N-ethyl adjacent to an activating group) is 1. The van der Waals surface area contributed by atoms with Crippen molar-refractivity contribution in [3.63, 3.8) is 0 Å². The van der Waals surface area contributed by atoms with Crippen LogP contribution in [0.5, 0.6) is 0 Å². The summed E-state index contributed by atoms with van der Waals surface area (Å²) in [5.41, 5.74) is 4.36. The molecule has 0 saturated carbocycles. The second kappa shape index (κ2) is 6.08. The molecule has 0 fully saturated rings. The van der Waals surface area contributed by atoms with Crippen LogP contribution in [-0.4, -0.2) is 25.5 Å². The lowest BCUT2D eigenvalue weighted by molar-refractivity contribution is 0.296. The average Bonchev–Trinajstić information content (AvgIpc) is 2.98. The third-order valence-electron chi connectivity index (χ3n) is 4.69. The topological polar surface area (TPSA) is 15.3 Å². The summed E-state index contributed by atoms with van der Waals surface area (Å²) >= 11 is 1.94. The summed E-state index contributed by atoms with van der Waals surface area (Å²) in [6.07, 6.45) is 0. The summed E-state index contributed by atoms with van der Waals surface area (Å²) in [5, 5.41) is 4.62. The van der Waals surface area contributed by atoms with E-state index in [-0.39, 0.29) is 0 Å². The molecule has 0 aliphatic carbocycles. The fraction of sp³-hybridized carbons (Fsp3) is 0.300. The van der Waals surface area contributed by atoms with Crippen LogP contribution in [0.1, 0.15) is 27.5 Å². The van der Waals surface area contributed by atoms with Gasteiger partial charge in [-0.3, -0.25) is 0 Å². The molecule has 1 atom stereocenters. The molecule has 0 spiro atoms. The van der Waals surface area contributed by atoms with E-state index in [0.29, 0.717) is 5.92 Å². The van der Waals surface area contributed by atoms with E-state index in [1.807, 2.05) is 18.4 Å². The maximum atomic E-state index is 3.25. The zero-order chi connectivity index (χ0) is 15.8. The number of rotatable bonds is 3. The highest BCUT2D eigenvalue weighted by atomic mass is 32.1. The van der Waals surface area contributed by atoms with Gasteiger partial charge in [0.1, 0.15) is 0 Å². The van der Waals surface area contributed by atoms with Crippen LogP contribution >= 0.6 is 11.3 Å². The molecule has 0 amide bonds. The van der Waals surface area contributed by atoms with Crippen LogP contribution in [0, 0.1) is 0 Å². The van der Waals surface area contributed by atoms with Crippen molar-refractivity contribution in [1.82, 2.24) is 10.2 Å². The lowest BCUT2D eigenvalue weighted by Crippen LogP contribution is -2.30. The lowest BCUT2D eigenvalue weighted by atomic mass is 9.87. The van der Waals surface area contributed by atoms with Gasteiger partial charge in [0.05, 0.1) is 0 Å². The minimum atomic E-state index is 0.491. The number of nitrogens with zero attached hydrogens (tertiary/aromatic N) is 1. The van der Waals surface area contributed by atoms with Crippen molar-refractivity contribution >= 4 is 21.4 Å². The molecule has 0 saturated heterocycles. The molecule has 4 rings (SSSR count). The van der Waals surface area contributed by atoms with E-state index >= 15 is 0 Å². The van der Waals surface area contributed by atoms with Gasteiger partial charge >= 0.3 is 0 Å². The minimum Gasteiger partial charge on any atom is -0.316 e. The van der Waals surface area contributed by atoms with Crippen LogP contribution in [-0.2, 0) is 13.1 Å². The van der Waals surface area contributed by atoms with Crippen molar-refractivity contribution in [2.75, 3.05) is 20.6 Å². The molecule has 0 radical (unpaired) electrons. The predicted molar refractivity (Wildman–Crippen MR) is 99.2 cm³/mol. The third kappa shape index (κ3) is 2.80. The zero-order valence-electron chi connectivity index (χ0n) is 13.7. The summed E-state index contributed by atoms with van der Waals surface area (Å²) < 4.78 is 1.39. The first-order valence-corrected chi connectivity index (χ1v) is 8.99. The molecule has 1 N–H and O–H groups in total. The van der Waals surface area contributed by atoms with Gasteiger partial charge in [-0.25, -0.2) is 0 Å². The van der Waals surface area contributed by atoms with Crippen LogP contribution in [0.4, 0.5) is 0 Å². The van der Waals surface area contributed by atoms with Gasteiger partial charge in [0.25, 0.3) is 0 Å². The SMILES string of the molecule is CNCc1ccc2c(c1)CN(C)CC2c1cc2ccccc2s1. The first-order chi connectivity index (χ1) is 11.2. The second-order valence-corrected chi connectivity index (χ2v) is 7.61. The summed E-state index contributed by atoms with van der Waals surface area (Å²) in [6, 6.07) is 18.1. The van der Waals surface area contributed by atoms with Crippen molar-refractivity contribution in [3.05, 3.63) is 70.1 Å². The van der Waals surface area contributed by atoms with Crippen molar-refractivity contribution in [3.8, 4) is 0 Å². The van der Waals surface area contributed by atoms with Crippen LogP contribution in [0.25, 0.3) is 10.1 Å². The number of benzene rings is 2. The smallest absolute Gasteiger partial charge is 0.0345 e. The van der Waals surface area contributed by atoms with E-state index < -0.39 is 0 Å². The van der Waals surface area contributed by atoms with Gasteiger partial charge in [-0.15, -0.1) is 11.3 Å². The summed E-state index contributed by atoms with van der Waals surface area (Å²) in [7, 11) is 4.24. The monoisotopic (exact) mass is 322 g/mol. The van der Waals surface area contributed by atoms with E-state index in [0.717, 1.165) is 19.6 Å². The fourth-order valence-electron chi connectivity index (χ4n) is 3.63. The van der Waals surface area contributed by atoms with Crippen LogP contribution in [0.3, 0.4) is 0 Å². The molecule has 1 aliphatic rings. The van der Waals surface area contributed by atoms with Crippen molar-refractivity contribution in [2.45, 2.75) is 19.0 Å². The molecule has 3 aromatic rings. The Balaban J connectivity index is 1.77. The highest BCUT2D eigenvalue weighted by Crippen LogP contribution is 2.39. The lowest BCUT2D eigenvalue weighted by Gasteiger charge is -2.32. The number of nitrogens with one attached hydrogen (secondary N) is 1. The molecular weight excluding hydrogens is 300 g/mol. The summed E-state index contributed by atoms with van der Waals surface area (Å²) in [5.74, 6) is 0.491. The normalized spacial score (nSPS) is 18.3. The summed E-state index contributed by atoms with van der Waals surface area (Å²) in [4.78, 5) is 3.93. The van der Waals surface area contributed by atoms with Crippen molar-refractivity contribution in [1.29, 1.82) is 0 Å². The first kappa shape index (κ1) is 14.9. The van der Waals surface area contributed by atoms with E-state index in [1.54, 1.807) is 0 Å². The predicted octanol–water partition coefficient (Wildman–Crippen LogP) is 4.20. The van der Waals surface area contributed by atoms with Crippen molar-refractivity contribution < 1.29 is 0 Å². The fourth-order valence-corrected chi connectivity index (χ4v) is 4.81. The maximum absolute atomic E-state index is 3.25. The molecule has 3 heteroatoms. The van der Waals surface area contributed by atoms with E-state index in [4.69, 9.17) is 0 Å². The molecule has 2 aromatic carbocycles. The molecule has 2 heterocycles. The molecule has 2 nitrogen and oxygen atoms in total. The Morgan fingerprint density at radius 1 is 1.17 bits per heavy atom. The highest BCUT2D eigenvalue weighted by Gasteiger charge is 2.26. The second-order valence-electron chi connectivity index (χ2n) is 6.50. The Morgan fingerprint density at radius 2 is 2.04 bits per heavy atom. The number of hydrogen-bond acceptors (Lipinski definition) is 3. The van der Waals surface area contributed by atoms with E-state index in [9.17, 15) is 0 Å². The average molecular weight is 322 g/mol. The van der Waals surface area contributed by atoms with Gasteiger partial charge in [0, 0.05) is 35.1 Å². The highest BCUT2D eigenvalue weighted by molar-refractivity contribution is 7.19. The van der Waals surface area contributed by atoms with Crippen LogP contribution < -0.4 is 5.32 Å². The molecular formula is C20H22N2S. The molecule has 1 unspecified atom stereocenters. The quantitative estimate of drug-likeness (QED) is 0.777. The largest absolute Gasteiger partial charge is 0.316 e. The Bertz CT molecular complexity index is 804. The van der Waals surface area contributed by atoms with Crippen LogP contribution in [0.2, 0.25) is 0 Å². The van der Waals surface area contributed by atoms with Gasteiger partial charge < -0.3 is 10.2 Å². The van der Waals surface area contributed by atoms with Gasteiger partial charge in [0.15, 0.2) is 0 Å². The maximum Gasteiger partial charge on any atom is 0.0345 e. The Hall–Kier alpha value is -1.68. The van der Waals surface area contributed by atoms with E-state index in [1.165, 1.54) is 31.7 Å². The van der Waals surface area contributed by atoms with Gasteiger partial charge in [0.2, 0.25) is 0 Å². The molecule has 118 valence electrons. The Kier molecular flexibility index (Phi) is 3.93. The van der Waals surface area contributed by atoms with Crippen LogP contribution in [0.15, 0.2) is 48.5 Å². The minimum absolute atomic E-state index is 0.491. The zero-order valence-corrected chi connectivity index (χ0v) is 14.5. The van der Waals surface area contributed by atoms with Gasteiger partial charge in [-0.2, -0.15) is 0 Å². The first-order valence-electron chi connectivity index (χ1n) is 8.18. The Morgan fingerprint density at radius 3 is 2.87 bits per heavy atom. The standard InChI is InChI=1S/C20H22N2S/c1-21-11-14-7-8-17-16(9-14)12-22(2)13-18(17)20-10-15-5-3-4-6-19(15)23-20/h3-10,18,21H,11-13H2,1-2H3. The molecule has 0 bridgehead atoms. The summed E-state index contributed by atoms with van der Waals surface area (Å²) in [6.45, 7) is 3.09.